The second-order valence-corrected chi connectivity index (χ2v) is 20.6. The van der Waals surface area contributed by atoms with Gasteiger partial charge in [-0.1, -0.05) is 172 Å². The topological polar surface area (TPSA) is 3.24 Å². The predicted octanol–water partition coefficient (Wildman–Crippen LogP) is 17.4. The van der Waals surface area contributed by atoms with Crippen molar-refractivity contribution < 1.29 is 0 Å². The zero-order valence-corrected chi connectivity index (χ0v) is 37.1. The van der Waals surface area contributed by atoms with Crippen molar-refractivity contribution in [1.82, 2.24) is 0 Å². The van der Waals surface area contributed by atoms with E-state index >= 15 is 0 Å². The average molecular weight is 838 g/mol. The molecule has 14 rings (SSSR count). The van der Waals surface area contributed by atoms with Gasteiger partial charge in [0.2, 0.25) is 0 Å². The first-order valence-corrected chi connectivity index (χ1v) is 24.1. The summed E-state index contributed by atoms with van der Waals surface area (Å²) in [6.07, 6.45) is 5.35. The Morgan fingerprint density at radius 2 is 1.05 bits per heavy atom. The molecule has 0 aliphatic heterocycles. The van der Waals surface area contributed by atoms with Gasteiger partial charge in [-0.3, -0.25) is 0 Å². The van der Waals surface area contributed by atoms with E-state index in [9.17, 15) is 0 Å². The van der Waals surface area contributed by atoms with Crippen LogP contribution in [0.3, 0.4) is 0 Å². The number of thiophene rings is 1. The molecule has 1 aromatic heterocycles. The Morgan fingerprint density at radius 1 is 0.453 bits per heavy atom. The minimum absolute atomic E-state index is 0.0828. The molecule has 2 bridgehead atoms. The summed E-state index contributed by atoms with van der Waals surface area (Å²) in [5.74, 6) is 1.53. The van der Waals surface area contributed by atoms with Crippen molar-refractivity contribution in [3.05, 3.63) is 210 Å². The third-order valence-corrected chi connectivity index (χ3v) is 17.4. The molecule has 0 amide bonds. The van der Waals surface area contributed by atoms with E-state index in [4.69, 9.17) is 0 Å². The molecule has 4 aliphatic carbocycles. The lowest BCUT2D eigenvalue weighted by molar-refractivity contribution is 0.327. The molecule has 2 heteroatoms. The first kappa shape index (κ1) is 36.7. The molecule has 306 valence electrons. The van der Waals surface area contributed by atoms with Gasteiger partial charge < -0.3 is 4.90 Å². The Labute approximate surface area is 379 Å². The van der Waals surface area contributed by atoms with E-state index in [0.717, 1.165) is 5.92 Å². The van der Waals surface area contributed by atoms with Gasteiger partial charge in [-0.05, 0) is 145 Å². The maximum Gasteiger partial charge on any atom is 0.0465 e. The molecule has 1 nitrogen and oxygen atoms in total. The third kappa shape index (κ3) is 5.01. The van der Waals surface area contributed by atoms with Crippen LogP contribution in [0.1, 0.15) is 61.8 Å². The molecule has 3 atom stereocenters. The summed E-state index contributed by atoms with van der Waals surface area (Å²) in [6, 6.07) is 71.6. The number of benzene rings is 9. The highest BCUT2D eigenvalue weighted by Gasteiger charge is 2.56. The van der Waals surface area contributed by atoms with Crippen LogP contribution in [0.15, 0.2) is 188 Å². The Kier molecular flexibility index (Phi) is 7.68. The third-order valence-electron chi connectivity index (χ3n) is 16.1. The molecule has 3 unspecified atom stereocenters. The zero-order chi connectivity index (χ0) is 42.3. The Morgan fingerprint density at radius 3 is 1.81 bits per heavy atom. The van der Waals surface area contributed by atoms with E-state index in [0.29, 0.717) is 5.92 Å². The van der Waals surface area contributed by atoms with Crippen LogP contribution in [0, 0.1) is 11.8 Å². The van der Waals surface area contributed by atoms with E-state index in [1.807, 2.05) is 11.3 Å². The fraction of sp³-hybridized carbons (Fsp3) is 0.161. The van der Waals surface area contributed by atoms with Gasteiger partial charge in [0, 0.05) is 48.1 Å². The summed E-state index contributed by atoms with van der Waals surface area (Å²) in [4.78, 5) is 2.51. The highest BCUT2D eigenvalue weighted by Crippen LogP contribution is 2.66. The fourth-order valence-corrected chi connectivity index (χ4v) is 14.8. The van der Waals surface area contributed by atoms with Crippen LogP contribution in [0.5, 0.6) is 0 Å². The Hall–Kier alpha value is -6.74. The SMILES string of the molecule is CC1(C)c2ccccc2-c2cccc(-c3ccc(N(c4ccc(-c5cccc6c5sc5c7ccccc7ccc65)cc4)c4ccc5c(c4)C4(CC6CCC4C6)c4ccccc4-5)cc3)c21. The first-order valence-electron chi connectivity index (χ1n) is 23.3. The van der Waals surface area contributed by atoms with E-state index in [1.165, 1.54) is 129 Å². The van der Waals surface area contributed by atoms with Crippen molar-refractivity contribution in [2.45, 2.75) is 50.4 Å². The van der Waals surface area contributed by atoms with Gasteiger partial charge >= 0.3 is 0 Å². The number of hydrogen-bond donors (Lipinski definition) is 0. The lowest BCUT2D eigenvalue weighted by Gasteiger charge is -2.37. The summed E-state index contributed by atoms with van der Waals surface area (Å²) in [5, 5.41) is 5.30. The van der Waals surface area contributed by atoms with Crippen molar-refractivity contribution in [3.63, 3.8) is 0 Å². The van der Waals surface area contributed by atoms with Crippen molar-refractivity contribution in [2.75, 3.05) is 4.90 Å². The predicted molar refractivity (Wildman–Crippen MR) is 272 cm³/mol. The minimum atomic E-state index is -0.0828. The standard InChI is InChI=1S/C62H47NS/c1-61(2)55-19-7-5-14-50(55)52-17-9-15-46(58(52)61)40-22-28-43(29-23-40)63(45-32-34-51-49-13-6-8-20-56(49)62(57(51)36-45)37-38-21-27-42(62)35-38)44-30-24-41(25-31-44)48-16-10-18-53-54-33-26-39-11-3-4-12-47(39)60(54)64-59(48)53/h3-20,22-26,28-34,36,38,42H,21,27,35,37H2,1-2H3. The molecule has 2 saturated carbocycles. The monoisotopic (exact) mass is 837 g/mol. The highest BCUT2D eigenvalue weighted by molar-refractivity contribution is 7.27. The van der Waals surface area contributed by atoms with Gasteiger partial charge in [-0.15, -0.1) is 11.3 Å². The van der Waals surface area contributed by atoms with Gasteiger partial charge in [0.15, 0.2) is 0 Å². The summed E-state index contributed by atoms with van der Waals surface area (Å²) in [6.45, 7) is 4.78. The van der Waals surface area contributed by atoms with E-state index in [2.05, 4.69) is 207 Å². The molecule has 0 saturated heterocycles. The molecule has 10 aromatic rings. The minimum Gasteiger partial charge on any atom is -0.310 e. The number of nitrogens with zero attached hydrogens (tertiary/aromatic N) is 1. The van der Waals surface area contributed by atoms with Crippen molar-refractivity contribution >= 4 is 59.3 Å². The summed E-state index contributed by atoms with van der Waals surface area (Å²) >= 11 is 1.93. The zero-order valence-electron chi connectivity index (χ0n) is 36.2. The molecule has 0 N–H and O–H groups in total. The van der Waals surface area contributed by atoms with Crippen LogP contribution in [0.4, 0.5) is 17.1 Å². The Balaban J connectivity index is 0.908. The lowest BCUT2D eigenvalue weighted by atomic mass is 9.67. The number of fused-ring (bicyclic) bond motifs is 16. The van der Waals surface area contributed by atoms with E-state index < -0.39 is 0 Å². The second-order valence-electron chi connectivity index (χ2n) is 19.6. The van der Waals surface area contributed by atoms with E-state index in [-0.39, 0.29) is 10.8 Å². The van der Waals surface area contributed by atoms with Gasteiger partial charge in [-0.25, -0.2) is 0 Å². The van der Waals surface area contributed by atoms with Gasteiger partial charge in [0.25, 0.3) is 0 Å². The molecule has 2 fully saturated rings. The van der Waals surface area contributed by atoms with Crippen LogP contribution in [0.2, 0.25) is 0 Å². The maximum atomic E-state index is 2.59. The van der Waals surface area contributed by atoms with Crippen LogP contribution in [-0.4, -0.2) is 0 Å². The largest absolute Gasteiger partial charge is 0.310 e. The number of hydrogen-bond acceptors (Lipinski definition) is 2. The van der Waals surface area contributed by atoms with Gasteiger partial charge in [-0.2, -0.15) is 0 Å². The highest BCUT2D eigenvalue weighted by atomic mass is 32.1. The van der Waals surface area contributed by atoms with Crippen LogP contribution in [0.25, 0.3) is 75.5 Å². The van der Waals surface area contributed by atoms with Crippen LogP contribution < -0.4 is 4.90 Å². The number of anilines is 3. The van der Waals surface area contributed by atoms with Gasteiger partial charge in [0.1, 0.15) is 0 Å². The maximum absolute atomic E-state index is 2.59. The van der Waals surface area contributed by atoms with Crippen molar-refractivity contribution in [1.29, 1.82) is 0 Å². The van der Waals surface area contributed by atoms with Crippen molar-refractivity contribution in [3.8, 4) is 44.5 Å². The molecular weight excluding hydrogens is 791 g/mol. The quantitative estimate of drug-likeness (QED) is 0.167. The van der Waals surface area contributed by atoms with Crippen molar-refractivity contribution in [2.24, 2.45) is 11.8 Å². The lowest BCUT2D eigenvalue weighted by Crippen LogP contribution is -2.32. The molecule has 1 spiro atoms. The van der Waals surface area contributed by atoms with Crippen LogP contribution in [-0.2, 0) is 10.8 Å². The molecule has 64 heavy (non-hydrogen) atoms. The molecular formula is C62H47NS. The Bertz CT molecular complexity index is 3550. The van der Waals surface area contributed by atoms with Gasteiger partial charge in [0.05, 0.1) is 0 Å². The van der Waals surface area contributed by atoms with E-state index in [1.54, 1.807) is 11.1 Å². The normalized spacial score (nSPS) is 19.7. The molecule has 4 aliphatic rings. The second kappa shape index (κ2) is 13.4. The van der Waals surface area contributed by atoms with Crippen LogP contribution >= 0.6 is 11.3 Å². The summed E-state index contributed by atoms with van der Waals surface area (Å²) in [7, 11) is 0. The fourth-order valence-electron chi connectivity index (χ4n) is 13.4. The smallest absolute Gasteiger partial charge is 0.0465 e. The molecule has 0 radical (unpaired) electrons. The number of rotatable bonds is 5. The average Bonchev–Trinajstić information content (AvgIpc) is 4.17. The summed E-state index contributed by atoms with van der Waals surface area (Å²) < 4.78 is 2.72. The summed E-state index contributed by atoms with van der Waals surface area (Å²) in [5.41, 5.74) is 20.2. The molecule has 1 heterocycles. The molecule has 9 aromatic carbocycles. The first-order chi connectivity index (χ1) is 31.5.